The second-order valence-corrected chi connectivity index (χ2v) is 13.9. The van der Waals surface area contributed by atoms with Crippen molar-refractivity contribution in [3.63, 3.8) is 0 Å². The first-order chi connectivity index (χ1) is 21.6. The van der Waals surface area contributed by atoms with Crippen molar-refractivity contribution in [3.8, 4) is 33.6 Å². The van der Waals surface area contributed by atoms with Crippen molar-refractivity contribution in [1.29, 1.82) is 0 Å². The fourth-order valence-corrected chi connectivity index (χ4v) is 6.51. The van der Waals surface area contributed by atoms with Crippen LogP contribution in [0.4, 0.5) is 0 Å². The van der Waals surface area contributed by atoms with Crippen LogP contribution in [-0.2, 0) is 26.5 Å². The predicted molar refractivity (Wildman–Crippen MR) is 191 cm³/mol. The minimum atomic E-state index is 0. The molecule has 0 aliphatic rings. The Morgan fingerprint density at radius 3 is 2.15 bits per heavy atom. The van der Waals surface area contributed by atoms with E-state index in [-0.39, 0.29) is 20.1 Å². The third-order valence-corrected chi connectivity index (χ3v) is 9.08. The van der Waals surface area contributed by atoms with Gasteiger partial charge in [0, 0.05) is 37.2 Å². The standard InChI is InChI=1S/C25H28N.C16H9N2S.Ir/c1-17-7-10-22(24-13-18(2)19(3)16-26-24)14-23(17)21-11-8-20(9-12-21)15-25(4,5)6;1-2-6-15-12(5-1)13-8-14(18-10-16(13)19-15)11-4-3-7-17-9-11;/h7-9,11-14,16H,15H2,1-6H3;1-8,10H;/q2*-1;. The molecule has 0 saturated heterocycles. The molecule has 0 fully saturated rings. The van der Waals surface area contributed by atoms with Gasteiger partial charge in [-0.15, -0.1) is 58.4 Å². The van der Waals surface area contributed by atoms with Gasteiger partial charge >= 0.3 is 0 Å². The molecule has 0 N–H and O–H groups in total. The number of hydrogen-bond donors (Lipinski definition) is 0. The van der Waals surface area contributed by atoms with E-state index in [0.717, 1.165) is 28.9 Å². The number of rotatable bonds is 4. The van der Waals surface area contributed by atoms with Crippen LogP contribution in [-0.4, -0.2) is 15.0 Å². The van der Waals surface area contributed by atoms with Crippen molar-refractivity contribution < 1.29 is 20.1 Å². The summed E-state index contributed by atoms with van der Waals surface area (Å²) in [5.41, 5.74) is 11.8. The summed E-state index contributed by atoms with van der Waals surface area (Å²) < 4.78 is 2.51. The van der Waals surface area contributed by atoms with Gasteiger partial charge in [0.15, 0.2) is 0 Å². The minimum Gasteiger partial charge on any atom is -0.360 e. The summed E-state index contributed by atoms with van der Waals surface area (Å²) >= 11 is 1.78. The predicted octanol–water partition coefficient (Wildman–Crippen LogP) is 11.0. The van der Waals surface area contributed by atoms with Gasteiger partial charge in [-0.05, 0) is 76.8 Å². The number of aryl methyl sites for hydroxylation is 3. The van der Waals surface area contributed by atoms with Crippen LogP contribution in [0.2, 0.25) is 0 Å². The number of aromatic nitrogens is 3. The smallest absolute Gasteiger partial charge is 0.0521 e. The van der Waals surface area contributed by atoms with E-state index in [1.54, 1.807) is 17.5 Å². The molecule has 0 saturated carbocycles. The summed E-state index contributed by atoms with van der Waals surface area (Å²) in [5.74, 6) is 0. The third kappa shape index (κ3) is 7.67. The molecule has 3 aromatic carbocycles. The summed E-state index contributed by atoms with van der Waals surface area (Å²) in [6.45, 7) is 13.2. The van der Waals surface area contributed by atoms with Crippen molar-refractivity contribution in [2.24, 2.45) is 5.41 Å². The molecule has 0 unspecified atom stereocenters. The van der Waals surface area contributed by atoms with E-state index in [4.69, 9.17) is 0 Å². The first-order valence-electron chi connectivity index (χ1n) is 15.3. The quantitative estimate of drug-likeness (QED) is 0.167. The number of hydrogen-bond acceptors (Lipinski definition) is 4. The third-order valence-electron chi connectivity index (χ3n) is 7.95. The molecule has 0 atom stereocenters. The van der Waals surface area contributed by atoms with Crippen molar-refractivity contribution in [2.75, 3.05) is 0 Å². The maximum atomic E-state index is 4.60. The zero-order chi connectivity index (χ0) is 31.6. The van der Waals surface area contributed by atoms with Gasteiger partial charge < -0.3 is 15.0 Å². The Bertz CT molecular complexity index is 2090. The Morgan fingerprint density at radius 2 is 1.43 bits per heavy atom. The van der Waals surface area contributed by atoms with Crippen LogP contribution >= 0.6 is 11.3 Å². The van der Waals surface area contributed by atoms with Gasteiger partial charge in [-0.3, -0.25) is 0 Å². The zero-order valence-corrected chi connectivity index (χ0v) is 30.3. The Morgan fingerprint density at radius 1 is 0.696 bits per heavy atom. The molecule has 46 heavy (non-hydrogen) atoms. The average Bonchev–Trinajstić information content (AvgIpc) is 3.41. The van der Waals surface area contributed by atoms with Crippen molar-refractivity contribution in [1.82, 2.24) is 15.0 Å². The molecular weight excluding hydrogens is 759 g/mol. The summed E-state index contributed by atoms with van der Waals surface area (Å²) in [5, 5.41) is 2.54. The van der Waals surface area contributed by atoms with Crippen molar-refractivity contribution in [3.05, 3.63) is 138 Å². The van der Waals surface area contributed by atoms with E-state index < -0.39 is 0 Å². The SMILES string of the molecule is Cc1cnc(-c2[c-]cc(C)c(-c3ccc(CC(C)(C)C)cc3)c2)cc1C.[Ir].[c-]1ncccc1-c1cc2c(cn1)sc1ccccc12. The molecule has 3 nitrogen and oxygen atoms in total. The van der Waals surface area contributed by atoms with Gasteiger partial charge in [0.25, 0.3) is 0 Å². The number of benzene rings is 3. The van der Waals surface area contributed by atoms with E-state index in [9.17, 15) is 0 Å². The zero-order valence-electron chi connectivity index (χ0n) is 27.1. The molecule has 7 rings (SSSR count). The van der Waals surface area contributed by atoms with Crippen LogP contribution in [0.5, 0.6) is 0 Å². The average molecular weight is 796 g/mol. The molecular formula is C41H37IrN3S-2. The largest absolute Gasteiger partial charge is 0.360 e. The molecule has 0 aliphatic carbocycles. The molecule has 0 bridgehead atoms. The fraction of sp³-hybridized carbons (Fsp3) is 0.195. The van der Waals surface area contributed by atoms with Crippen molar-refractivity contribution in [2.45, 2.75) is 48.0 Å². The molecule has 5 heteroatoms. The number of pyridine rings is 3. The van der Waals surface area contributed by atoms with E-state index in [1.165, 1.54) is 53.6 Å². The van der Waals surface area contributed by atoms with Crippen LogP contribution in [0, 0.1) is 38.4 Å². The van der Waals surface area contributed by atoms with Gasteiger partial charge in [0.05, 0.1) is 4.70 Å². The second-order valence-electron chi connectivity index (χ2n) is 12.9. The number of nitrogens with zero attached hydrogens (tertiary/aromatic N) is 3. The molecule has 1 radical (unpaired) electrons. The molecule has 0 aliphatic heterocycles. The van der Waals surface area contributed by atoms with Gasteiger partial charge in [-0.2, -0.15) is 0 Å². The number of fused-ring (bicyclic) bond motifs is 3. The Hall–Kier alpha value is -4.02. The molecule has 7 aromatic rings. The topological polar surface area (TPSA) is 38.7 Å². The van der Waals surface area contributed by atoms with E-state index in [0.29, 0.717) is 5.41 Å². The molecule has 4 aromatic heterocycles. The monoisotopic (exact) mass is 796 g/mol. The summed E-state index contributed by atoms with van der Waals surface area (Å²) in [4.78, 5) is 13.1. The molecule has 0 spiro atoms. The summed E-state index contributed by atoms with van der Waals surface area (Å²) in [7, 11) is 0. The molecule has 4 heterocycles. The van der Waals surface area contributed by atoms with Gasteiger partial charge in [0.2, 0.25) is 0 Å². The second kappa shape index (κ2) is 14.2. The first kappa shape index (κ1) is 33.3. The number of thiophene rings is 1. The fourth-order valence-electron chi connectivity index (χ4n) is 5.46. The minimum absolute atomic E-state index is 0. The maximum absolute atomic E-state index is 4.60. The van der Waals surface area contributed by atoms with E-state index >= 15 is 0 Å². The van der Waals surface area contributed by atoms with Crippen molar-refractivity contribution >= 4 is 31.5 Å². The van der Waals surface area contributed by atoms with Crippen LogP contribution in [0.15, 0.2) is 104 Å². The summed E-state index contributed by atoms with van der Waals surface area (Å²) in [6, 6.07) is 33.3. The van der Waals surface area contributed by atoms with Crippen LogP contribution in [0.25, 0.3) is 53.8 Å². The Kier molecular flexibility index (Phi) is 10.3. The summed E-state index contributed by atoms with van der Waals surface area (Å²) in [6.07, 6.45) is 9.68. The van der Waals surface area contributed by atoms with Crippen LogP contribution in [0.3, 0.4) is 0 Å². The maximum Gasteiger partial charge on any atom is 0.0521 e. The van der Waals surface area contributed by atoms with Crippen LogP contribution in [0.1, 0.15) is 43.0 Å². The first-order valence-corrected chi connectivity index (χ1v) is 16.1. The van der Waals surface area contributed by atoms with E-state index in [1.807, 2.05) is 24.5 Å². The Balaban J connectivity index is 0.000000185. The van der Waals surface area contributed by atoms with Gasteiger partial charge in [-0.1, -0.05) is 99.6 Å². The molecule has 0 amide bonds. The van der Waals surface area contributed by atoms with Gasteiger partial charge in [-0.25, -0.2) is 0 Å². The van der Waals surface area contributed by atoms with Gasteiger partial charge in [0.1, 0.15) is 0 Å². The normalized spacial score (nSPS) is 11.2. The van der Waals surface area contributed by atoms with E-state index in [2.05, 4.69) is 142 Å². The Labute approximate surface area is 290 Å². The van der Waals surface area contributed by atoms with Crippen LogP contribution < -0.4 is 0 Å². The molecule has 233 valence electrons.